The largest absolute Gasteiger partial charge is 0.454 e. The number of hydrogen-bond acceptors (Lipinski definition) is 6. The van der Waals surface area contributed by atoms with E-state index in [-0.39, 0.29) is 0 Å². The number of rotatable bonds is 7. The Hall–Kier alpha value is -3.41. The molecule has 34 heavy (non-hydrogen) atoms. The van der Waals surface area contributed by atoms with Gasteiger partial charge in [0.2, 0.25) is 6.79 Å². The molecule has 3 heterocycles. The van der Waals surface area contributed by atoms with Crippen LogP contribution in [-0.4, -0.2) is 57.0 Å². The monoisotopic (exact) mass is 476 g/mol. The molecule has 0 spiro atoms. The predicted molar refractivity (Wildman–Crippen MR) is 137 cm³/mol. The topological polar surface area (TPSA) is 71.3 Å². The van der Waals surface area contributed by atoms with Crippen LogP contribution in [0.3, 0.4) is 0 Å². The quantitative estimate of drug-likeness (QED) is 0.411. The first-order valence-electron chi connectivity index (χ1n) is 11.6. The number of primary amides is 1. The molecular formula is C26H28N4O3S. The first-order valence-corrected chi connectivity index (χ1v) is 12.4. The number of fused-ring (bicyclic) bond motifs is 2. The summed E-state index contributed by atoms with van der Waals surface area (Å²) in [4.78, 5) is 18.7. The van der Waals surface area contributed by atoms with E-state index in [0.717, 1.165) is 83.4 Å². The van der Waals surface area contributed by atoms with Crippen molar-refractivity contribution in [1.82, 2.24) is 4.90 Å². The fraction of sp³-hybridized carbons (Fsp3) is 0.346. The molecule has 1 fully saturated rings. The van der Waals surface area contributed by atoms with Crippen molar-refractivity contribution in [3.8, 4) is 23.8 Å². The summed E-state index contributed by atoms with van der Waals surface area (Å²) in [5.41, 5.74) is 7.66. The van der Waals surface area contributed by atoms with Gasteiger partial charge >= 0.3 is 6.03 Å². The van der Waals surface area contributed by atoms with Gasteiger partial charge in [-0.15, -0.1) is 17.8 Å². The minimum Gasteiger partial charge on any atom is -0.454 e. The molecule has 0 saturated carbocycles. The van der Waals surface area contributed by atoms with Crippen LogP contribution in [0, 0.1) is 12.3 Å². The van der Waals surface area contributed by atoms with Gasteiger partial charge in [0.15, 0.2) is 11.5 Å². The molecule has 1 saturated heterocycles. The van der Waals surface area contributed by atoms with E-state index in [1.54, 1.807) is 16.2 Å². The molecule has 2 aromatic carbocycles. The normalized spacial score (nSPS) is 15.4. The lowest BCUT2D eigenvalue weighted by molar-refractivity contribution is 0.174. The van der Waals surface area contributed by atoms with E-state index < -0.39 is 6.03 Å². The lowest BCUT2D eigenvalue weighted by atomic mass is 10.2. The van der Waals surface area contributed by atoms with Crippen molar-refractivity contribution in [3.05, 3.63) is 48.0 Å². The zero-order chi connectivity index (χ0) is 23.5. The minimum atomic E-state index is -0.418. The van der Waals surface area contributed by atoms with Gasteiger partial charge in [0, 0.05) is 43.0 Å². The molecule has 176 valence electrons. The Balaban J connectivity index is 1.11. The van der Waals surface area contributed by atoms with Gasteiger partial charge in [-0.1, -0.05) is 18.1 Å². The third kappa shape index (κ3) is 4.63. The number of para-hydroxylation sites is 1. The number of terminal acetylenes is 1. The maximum Gasteiger partial charge on any atom is 0.319 e. The van der Waals surface area contributed by atoms with E-state index in [1.807, 2.05) is 36.4 Å². The summed E-state index contributed by atoms with van der Waals surface area (Å²) in [6.45, 7) is 5.81. The van der Waals surface area contributed by atoms with Gasteiger partial charge in [-0.25, -0.2) is 4.79 Å². The summed E-state index contributed by atoms with van der Waals surface area (Å²) < 4.78 is 12.2. The Bertz CT molecular complexity index is 1230. The number of amides is 2. The zero-order valence-electron chi connectivity index (χ0n) is 19.0. The summed E-state index contributed by atoms with van der Waals surface area (Å²) in [5.74, 6) is 4.35. The zero-order valence-corrected chi connectivity index (χ0v) is 19.9. The van der Waals surface area contributed by atoms with Gasteiger partial charge < -0.3 is 20.1 Å². The molecule has 2 aliphatic rings. The highest BCUT2D eigenvalue weighted by Gasteiger charge is 2.24. The Morgan fingerprint density at radius 1 is 1.12 bits per heavy atom. The van der Waals surface area contributed by atoms with Crippen LogP contribution in [0.4, 0.5) is 15.5 Å². The van der Waals surface area contributed by atoms with Crippen LogP contribution in [0.2, 0.25) is 0 Å². The van der Waals surface area contributed by atoms with Crippen molar-refractivity contribution in [2.75, 3.05) is 55.9 Å². The van der Waals surface area contributed by atoms with Gasteiger partial charge in [0.25, 0.3) is 0 Å². The number of ether oxygens (including phenoxy) is 2. The Labute approximate surface area is 203 Å². The number of urea groups is 1. The average Bonchev–Trinajstić information content (AvgIpc) is 3.50. The number of nitrogens with zero attached hydrogens (tertiary/aromatic N) is 3. The second kappa shape index (κ2) is 9.84. The molecule has 0 atom stereocenters. The molecule has 1 aromatic heterocycles. The molecule has 2 aliphatic heterocycles. The molecule has 0 bridgehead atoms. The lowest BCUT2D eigenvalue weighted by Gasteiger charge is -2.36. The van der Waals surface area contributed by atoms with Crippen molar-refractivity contribution in [1.29, 1.82) is 0 Å². The summed E-state index contributed by atoms with van der Waals surface area (Å²) in [5, 5.41) is 1.94. The van der Waals surface area contributed by atoms with Gasteiger partial charge in [-0.2, -0.15) is 0 Å². The number of anilines is 2. The molecule has 7 nitrogen and oxygen atoms in total. The van der Waals surface area contributed by atoms with E-state index in [4.69, 9.17) is 21.6 Å². The summed E-state index contributed by atoms with van der Waals surface area (Å²) in [6, 6.07) is 13.5. The van der Waals surface area contributed by atoms with E-state index in [2.05, 4.69) is 21.8 Å². The highest BCUT2D eigenvalue weighted by Crippen LogP contribution is 2.41. The van der Waals surface area contributed by atoms with Crippen LogP contribution in [0.5, 0.6) is 11.5 Å². The van der Waals surface area contributed by atoms with Crippen molar-refractivity contribution >= 4 is 38.1 Å². The van der Waals surface area contributed by atoms with Crippen LogP contribution in [0.15, 0.2) is 42.5 Å². The molecule has 5 rings (SSSR count). The maximum atomic E-state index is 12.1. The second-order valence-electron chi connectivity index (χ2n) is 8.52. The molecular weight excluding hydrogens is 448 g/mol. The van der Waals surface area contributed by atoms with Crippen molar-refractivity contribution < 1.29 is 14.3 Å². The SMILES string of the molecule is C#Cc1ccc2cc(N(CCCCN3CCN(c4cccc5c4OCO5)CC3)C(N)=O)sc2c1. The van der Waals surface area contributed by atoms with Gasteiger partial charge in [-0.3, -0.25) is 9.80 Å². The highest BCUT2D eigenvalue weighted by atomic mass is 32.1. The van der Waals surface area contributed by atoms with Gasteiger partial charge in [0.1, 0.15) is 5.00 Å². The van der Waals surface area contributed by atoms with E-state index >= 15 is 0 Å². The predicted octanol–water partition coefficient (Wildman–Crippen LogP) is 4.10. The number of hydrogen-bond donors (Lipinski definition) is 1. The number of nitrogens with two attached hydrogens (primary N) is 1. The number of piperazine rings is 1. The molecule has 2 N–H and O–H groups in total. The Morgan fingerprint density at radius 3 is 2.76 bits per heavy atom. The fourth-order valence-electron chi connectivity index (χ4n) is 4.55. The number of carbonyl (C=O) groups excluding carboxylic acids is 1. The maximum absolute atomic E-state index is 12.1. The van der Waals surface area contributed by atoms with Crippen LogP contribution < -0.4 is 25.0 Å². The molecule has 3 aromatic rings. The van der Waals surface area contributed by atoms with Crippen molar-refractivity contribution in [3.63, 3.8) is 0 Å². The van der Waals surface area contributed by atoms with Crippen molar-refractivity contribution in [2.45, 2.75) is 12.8 Å². The van der Waals surface area contributed by atoms with Crippen LogP contribution >= 0.6 is 11.3 Å². The highest BCUT2D eigenvalue weighted by molar-refractivity contribution is 7.23. The minimum absolute atomic E-state index is 0.294. The standard InChI is InChI=1S/C26H28N4O3S/c1-2-19-8-9-20-17-24(34-23(20)16-19)30(26(27)31)11-4-3-10-28-12-14-29(15-13-28)21-6-5-7-22-25(21)33-18-32-22/h1,5-9,16-17H,3-4,10-15,18H2,(H2,27,31). The summed E-state index contributed by atoms with van der Waals surface area (Å²) in [7, 11) is 0. The van der Waals surface area contributed by atoms with Gasteiger partial charge in [0.05, 0.1) is 5.69 Å². The van der Waals surface area contributed by atoms with Crippen LogP contribution in [0.25, 0.3) is 10.1 Å². The van der Waals surface area contributed by atoms with E-state index in [0.29, 0.717) is 13.3 Å². The molecule has 0 aliphatic carbocycles. The third-order valence-corrected chi connectivity index (χ3v) is 7.52. The molecule has 8 heteroatoms. The number of carbonyl (C=O) groups is 1. The first kappa shape index (κ1) is 22.4. The summed E-state index contributed by atoms with van der Waals surface area (Å²) >= 11 is 1.55. The second-order valence-corrected chi connectivity index (χ2v) is 9.58. The Kier molecular flexibility index (Phi) is 6.48. The van der Waals surface area contributed by atoms with E-state index in [9.17, 15) is 4.79 Å². The molecule has 2 amide bonds. The number of benzene rings is 2. The number of thiophene rings is 1. The first-order chi connectivity index (χ1) is 16.6. The van der Waals surface area contributed by atoms with Crippen LogP contribution in [0.1, 0.15) is 18.4 Å². The van der Waals surface area contributed by atoms with Crippen molar-refractivity contribution in [2.24, 2.45) is 5.73 Å². The van der Waals surface area contributed by atoms with E-state index in [1.165, 1.54) is 0 Å². The van der Waals surface area contributed by atoms with Crippen LogP contribution in [-0.2, 0) is 0 Å². The smallest absolute Gasteiger partial charge is 0.319 e. The van der Waals surface area contributed by atoms with Gasteiger partial charge in [-0.05, 0) is 55.1 Å². The summed E-state index contributed by atoms with van der Waals surface area (Å²) in [6.07, 6.45) is 7.41. The lowest BCUT2D eigenvalue weighted by Crippen LogP contribution is -2.46. The Morgan fingerprint density at radius 2 is 1.97 bits per heavy atom. The third-order valence-electron chi connectivity index (χ3n) is 6.40. The number of unbranched alkanes of at least 4 members (excludes halogenated alkanes) is 1. The average molecular weight is 477 g/mol. The fourth-order valence-corrected chi connectivity index (χ4v) is 5.68. The molecule has 0 radical (unpaired) electrons. The molecule has 0 unspecified atom stereocenters.